The number of carboxylic acids is 1. The summed E-state index contributed by atoms with van der Waals surface area (Å²) in [4.78, 5) is 11.2. The van der Waals surface area contributed by atoms with Crippen molar-refractivity contribution in [1.82, 2.24) is 4.72 Å². The molecule has 0 unspecified atom stereocenters. The van der Waals surface area contributed by atoms with Crippen LogP contribution in [0.4, 0.5) is 5.69 Å². The predicted molar refractivity (Wildman–Crippen MR) is 75.5 cm³/mol. The number of hydrogen-bond donors (Lipinski definition) is 3. The monoisotopic (exact) mass is 298 g/mol. The largest absolute Gasteiger partial charge is 0.478 e. The van der Waals surface area contributed by atoms with E-state index in [0.29, 0.717) is 24.7 Å². The highest BCUT2D eigenvalue weighted by molar-refractivity contribution is 7.89. The van der Waals surface area contributed by atoms with Gasteiger partial charge in [0, 0.05) is 18.3 Å². The number of anilines is 1. The maximum absolute atomic E-state index is 12.0. The Morgan fingerprint density at radius 3 is 2.65 bits per heavy atom. The second-order valence-electron chi connectivity index (χ2n) is 4.83. The van der Waals surface area contributed by atoms with E-state index in [0.717, 1.165) is 12.8 Å². The summed E-state index contributed by atoms with van der Waals surface area (Å²) in [6.45, 7) is 2.18. The van der Waals surface area contributed by atoms with E-state index in [1.165, 1.54) is 18.2 Å². The van der Waals surface area contributed by atoms with E-state index in [4.69, 9.17) is 0 Å². The fourth-order valence-corrected chi connectivity index (χ4v) is 2.92. The molecule has 1 aromatic rings. The molecule has 1 saturated carbocycles. The molecule has 110 valence electrons. The first kappa shape index (κ1) is 14.8. The molecule has 0 bridgehead atoms. The van der Waals surface area contributed by atoms with Crippen molar-refractivity contribution in [3.63, 3.8) is 0 Å². The van der Waals surface area contributed by atoms with Crippen LogP contribution >= 0.6 is 0 Å². The van der Waals surface area contributed by atoms with Gasteiger partial charge in [-0.2, -0.15) is 0 Å². The molecule has 20 heavy (non-hydrogen) atoms. The smallest absolute Gasteiger partial charge is 0.337 e. The molecule has 0 atom stereocenters. The van der Waals surface area contributed by atoms with Gasteiger partial charge >= 0.3 is 5.97 Å². The molecular formula is C13H18N2O4S. The van der Waals surface area contributed by atoms with Gasteiger partial charge < -0.3 is 10.4 Å². The Balaban J connectivity index is 2.31. The Bertz CT molecular complexity index is 609. The zero-order valence-electron chi connectivity index (χ0n) is 11.2. The van der Waals surface area contributed by atoms with Crippen LogP contribution in [-0.4, -0.2) is 32.1 Å². The van der Waals surface area contributed by atoms with Crippen molar-refractivity contribution < 1.29 is 18.3 Å². The number of nitrogens with one attached hydrogen (secondary N) is 2. The average Bonchev–Trinajstić information content (AvgIpc) is 3.20. The zero-order valence-corrected chi connectivity index (χ0v) is 12.0. The van der Waals surface area contributed by atoms with Crippen LogP contribution in [0.2, 0.25) is 0 Å². The Morgan fingerprint density at radius 1 is 1.40 bits per heavy atom. The van der Waals surface area contributed by atoms with Gasteiger partial charge in [0.15, 0.2) is 0 Å². The minimum absolute atomic E-state index is 0.0173. The molecule has 1 aromatic carbocycles. The Kier molecular flexibility index (Phi) is 4.29. The summed E-state index contributed by atoms with van der Waals surface area (Å²) in [5.74, 6) is -1.14. The summed E-state index contributed by atoms with van der Waals surface area (Å²) < 4.78 is 26.4. The lowest BCUT2D eigenvalue weighted by Gasteiger charge is -2.11. The molecule has 0 saturated heterocycles. The molecule has 6 nitrogen and oxygen atoms in total. The number of hydrogen-bond acceptors (Lipinski definition) is 4. The van der Waals surface area contributed by atoms with Crippen LogP contribution in [0.25, 0.3) is 0 Å². The molecule has 0 aliphatic heterocycles. The quantitative estimate of drug-likeness (QED) is 0.711. The highest BCUT2D eigenvalue weighted by Crippen LogP contribution is 2.28. The first-order valence-corrected chi connectivity index (χ1v) is 8.06. The van der Waals surface area contributed by atoms with Gasteiger partial charge in [0.2, 0.25) is 10.0 Å². The average molecular weight is 298 g/mol. The molecule has 3 N–H and O–H groups in total. The van der Waals surface area contributed by atoms with Gasteiger partial charge in [0.25, 0.3) is 0 Å². The molecule has 0 heterocycles. The number of rotatable bonds is 7. The van der Waals surface area contributed by atoms with Crippen LogP contribution in [0.15, 0.2) is 23.1 Å². The Morgan fingerprint density at radius 2 is 2.10 bits per heavy atom. The van der Waals surface area contributed by atoms with Crippen LogP contribution in [-0.2, 0) is 10.0 Å². The lowest BCUT2D eigenvalue weighted by atomic mass is 10.2. The van der Waals surface area contributed by atoms with Crippen molar-refractivity contribution in [2.45, 2.75) is 37.1 Å². The topological polar surface area (TPSA) is 95.5 Å². The van der Waals surface area contributed by atoms with Crippen LogP contribution < -0.4 is 10.0 Å². The zero-order chi connectivity index (χ0) is 14.8. The van der Waals surface area contributed by atoms with Crippen molar-refractivity contribution in [3.05, 3.63) is 23.8 Å². The number of carbonyl (C=O) groups is 1. The molecule has 0 amide bonds. The number of sulfonamides is 1. The van der Waals surface area contributed by atoms with E-state index in [9.17, 15) is 18.3 Å². The van der Waals surface area contributed by atoms with E-state index >= 15 is 0 Å². The first-order chi connectivity index (χ1) is 9.44. The maximum atomic E-state index is 12.0. The molecule has 0 spiro atoms. The minimum atomic E-state index is -3.65. The van der Waals surface area contributed by atoms with E-state index in [-0.39, 0.29) is 10.5 Å². The summed E-state index contributed by atoms with van der Waals surface area (Å²) in [5.41, 5.74) is 0.450. The summed E-state index contributed by atoms with van der Waals surface area (Å²) in [6.07, 6.45) is 2.70. The van der Waals surface area contributed by atoms with Crippen molar-refractivity contribution >= 4 is 21.7 Å². The number of aromatic carboxylic acids is 1. The Labute approximate surface area is 118 Å². The fourth-order valence-electron chi connectivity index (χ4n) is 1.76. The van der Waals surface area contributed by atoms with Gasteiger partial charge in [-0.25, -0.2) is 17.9 Å². The lowest BCUT2D eigenvalue weighted by molar-refractivity contribution is 0.0697. The lowest BCUT2D eigenvalue weighted by Crippen LogP contribution is -2.24. The van der Waals surface area contributed by atoms with Crippen LogP contribution in [0.5, 0.6) is 0 Å². The molecule has 0 aromatic heterocycles. The molecule has 1 aliphatic carbocycles. The van der Waals surface area contributed by atoms with E-state index in [1.54, 1.807) is 0 Å². The number of benzene rings is 1. The predicted octanol–water partition coefficient (Wildman–Crippen LogP) is 1.65. The van der Waals surface area contributed by atoms with Gasteiger partial charge in [0.05, 0.1) is 10.5 Å². The van der Waals surface area contributed by atoms with Crippen molar-refractivity contribution in [3.8, 4) is 0 Å². The van der Waals surface area contributed by atoms with Crippen molar-refractivity contribution in [2.75, 3.05) is 11.9 Å². The van der Waals surface area contributed by atoms with Gasteiger partial charge in [-0.15, -0.1) is 0 Å². The summed E-state index contributed by atoms with van der Waals surface area (Å²) in [5, 5.41) is 12.3. The summed E-state index contributed by atoms with van der Waals surface area (Å²) in [7, 11) is -3.65. The van der Waals surface area contributed by atoms with Crippen molar-refractivity contribution in [2.24, 2.45) is 0 Å². The third-order valence-corrected chi connectivity index (χ3v) is 4.47. The molecule has 7 heteroatoms. The van der Waals surface area contributed by atoms with Gasteiger partial charge in [0.1, 0.15) is 0 Å². The number of carboxylic acid groups (broad SMARTS) is 1. The molecule has 0 radical (unpaired) electrons. The molecule has 2 rings (SSSR count). The van der Waals surface area contributed by atoms with Crippen LogP contribution in [0.3, 0.4) is 0 Å². The third-order valence-electron chi connectivity index (χ3n) is 3.01. The molecular weight excluding hydrogens is 280 g/mol. The summed E-state index contributed by atoms with van der Waals surface area (Å²) in [6, 6.07) is 4.44. The van der Waals surface area contributed by atoms with Crippen molar-refractivity contribution in [1.29, 1.82) is 0 Å². The normalized spacial score (nSPS) is 15.1. The fraction of sp³-hybridized carbons (Fsp3) is 0.462. The second-order valence-corrected chi connectivity index (χ2v) is 6.60. The highest BCUT2D eigenvalue weighted by atomic mass is 32.2. The second kappa shape index (κ2) is 5.80. The van der Waals surface area contributed by atoms with Crippen LogP contribution in [0, 0.1) is 0 Å². The highest BCUT2D eigenvalue weighted by Gasteiger charge is 2.24. The standard InChI is InChI=1S/C13H18N2O4S/c1-2-7-14-20(18,19)10-5-6-12(15-9-3-4-9)11(8-10)13(16)17/h5-6,8-9,14-15H,2-4,7H2,1H3,(H,16,17). The molecule has 1 aliphatic rings. The SMILES string of the molecule is CCCNS(=O)(=O)c1ccc(NC2CC2)c(C(=O)O)c1. The van der Waals surface area contributed by atoms with E-state index in [1.807, 2.05) is 6.92 Å². The minimum Gasteiger partial charge on any atom is -0.478 e. The van der Waals surface area contributed by atoms with Crippen LogP contribution in [0.1, 0.15) is 36.5 Å². The third kappa shape index (κ3) is 3.49. The van der Waals surface area contributed by atoms with Gasteiger partial charge in [-0.1, -0.05) is 6.92 Å². The van der Waals surface area contributed by atoms with Gasteiger partial charge in [-0.05, 0) is 37.5 Å². The van der Waals surface area contributed by atoms with E-state index in [2.05, 4.69) is 10.0 Å². The summed E-state index contributed by atoms with van der Waals surface area (Å²) >= 11 is 0. The maximum Gasteiger partial charge on any atom is 0.337 e. The Hall–Kier alpha value is -1.60. The van der Waals surface area contributed by atoms with Gasteiger partial charge in [-0.3, -0.25) is 0 Å². The molecule has 1 fully saturated rings. The van der Waals surface area contributed by atoms with E-state index < -0.39 is 16.0 Å². The first-order valence-electron chi connectivity index (χ1n) is 6.57.